The molecule has 0 saturated heterocycles. The SMILES string of the molecule is CC[C@@H](C(=O)NCC(C)C)N(Cc1ccccc1Cl)C(=O)CN(c1ccc2c(c1)OCO2)S(=O)(=O)CC. The molecule has 1 N–H and O–H groups in total. The van der Waals surface area contributed by atoms with Gasteiger partial charge < -0.3 is 19.7 Å². The third-order valence-electron chi connectivity index (χ3n) is 5.99. The molecular formula is C26H34ClN3O6S. The van der Waals surface area contributed by atoms with Crippen LogP contribution >= 0.6 is 11.6 Å². The van der Waals surface area contributed by atoms with Gasteiger partial charge in [-0.15, -0.1) is 0 Å². The normalized spacial score (nSPS) is 13.4. The maximum atomic E-state index is 13.8. The van der Waals surface area contributed by atoms with Crippen LogP contribution in [0.25, 0.3) is 0 Å². The van der Waals surface area contributed by atoms with Gasteiger partial charge in [-0.05, 0) is 43.0 Å². The fraction of sp³-hybridized carbons (Fsp3) is 0.462. The molecule has 2 amide bonds. The summed E-state index contributed by atoms with van der Waals surface area (Å²) < 4.78 is 38.0. The highest BCUT2D eigenvalue weighted by molar-refractivity contribution is 7.92. The van der Waals surface area contributed by atoms with Crippen LogP contribution in [-0.2, 0) is 26.2 Å². The van der Waals surface area contributed by atoms with Gasteiger partial charge in [-0.1, -0.05) is 50.6 Å². The van der Waals surface area contributed by atoms with E-state index < -0.39 is 28.5 Å². The van der Waals surface area contributed by atoms with E-state index in [4.69, 9.17) is 21.1 Å². The lowest BCUT2D eigenvalue weighted by atomic mass is 10.1. The Morgan fingerprint density at radius 1 is 1.08 bits per heavy atom. The van der Waals surface area contributed by atoms with Crippen molar-refractivity contribution in [3.8, 4) is 11.5 Å². The maximum absolute atomic E-state index is 13.8. The Morgan fingerprint density at radius 2 is 1.78 bits per heavy atom. The van der Waals surface area contributed by atoms with Crippen molar-refractivity contribution in [2.45, 2.75) is 46.7 Å². The molecule has 0 fully saturated rings. The summed E-state index contributed by atoms with van der Waals surface area (Å²) in [5.41, 5.74) is 0.926. The molecule has 1 aliphatic rings. The van der Waals surface area contributed by atoms with Crippen molar-refractivity contribution in [1.29, 1.82) is 0 Å². The van der Waals surface area contributed by atoms with Crippen LogP contribution in [0.15, 0.2) is 42.5 Å². The number of carbonyl (C=O) groups is 2. The van der Waals surface area contributed by atoms with Crippen molar-refractivity contribution in [3.63, 3.8) is 0 Å². The van der Waals surface area contributed by atoms with Gasteiger partial charge in [-0.3, -0.25) is 13.9 Å². The number of halogens is 1. The van der Waals surface area contributed by atoms with E-state index in [0.29, 0.717) is 35.1 Å². The molecule has 9 nitrogen and oxygen atoms in total. The molecule has 202 valence electrons. The minimum Gasteiger partial charge on any atom is -0.454 e. The smallest absolute Gasteiger partial charge is 0.244 e. The van der Waals surface area contributed by atoms with Crippen LogP contribution in [0.2, 0.25) is 5.02 Å². The second-order valence-corrected chi connectivity index (χ2v) is 11.7. The average molecular weight is 552 g/mol. The number of fused-ring (bicyclic) bond motifs is 1. The van der Waals surface area contributed by atoms with Crippen molar-refractivity contribution in [2.24, 2.45) is 5.92 Å². The summed E-state index contributed by atoms with van der Waals surface area (Å²) in [4.78, 5) is 28.4. The van der Waals surface area contributed by atoms with E-state index in [2.05, 4.69) is 5.32 Å². The molecule has 0 radical (unpaired) electrons. The number of anilines is 1. The Kier molecular flexibility index (Phi) is 9.67. The van der Waals surface area contributed by atoms with Crippen molar-refractivity contribution in [3.05, 3.63) is 53.1 Å². The fourth-order valence-corrected chi connectivity index (χ4v) is 5.16. The van der Waals surface area contributed by atoms with E-state index in [1.807, 2.05) is 20.8 Å². The van der Waals surface area contributed by atoms with Gasteiger partial charge in [-0.2, -0.15) is 0 Å². The highest BCUT2D eigenvalue weighted by atomic mass is 35.5. The summed E-state index contributed by atoms with van der Waals surface area (Å²) in [5.74, 6) is 0.0765. The topological polar surface area (TPSA) is 105 Å². The summed E-state index contributed by atoms with van der Waals surface area (Å²) in [6.07, 6.45) is 0.338. The van der Waals surface area contributed by atoms with Gasteiger partial charge in [0.25, 0.3) is 0 Å². The second-order valence-electron chi connectivity index (χ2n) is 9.12. The van der Waals surface area contributed by atoms with Crippen molar-refractivity contribution in [2.75, 3.05) is 29.9 Å². The molecule has 0 aliphatic carbocycles. The first kappa shape index (κ1) is 28.6. The Bertz CT molecular complexity index is 1220. The lowest BCUT2D eigenvalue weighted by Gasteiger charge is -2.33. The molecule has 0 bridgehead atoms. The summed E-state index contributed by atoms with van der Waals surface area (Å²) in [6.45, 7) is 7.33. The summed E-state index contributed by atoms with van der Waals surface area (Å²) in [6, 6.07) is 11.0. The van der Waals surface area contributed by atoms with Gasteiger partial charge in [-0.25, -0.2) is 8.42 Å². The molecule has 1 aliphatic heterocycles. The number of hydrogen-bond donors (Lipinski definition) is 1. The molecule has 0 saturated carbocycles. The summed E-state index contributed by atoms with van der Waals surface area (Å²) in [5, 5.41) is 3.35. The van der Waals surface area contributed by atoms with Crippen molar-refractivity contribution in [1.82, 2.24) is 10.2 Å². The van der Waals surface area contributed by atoms with Crippen LogP contribution in [0.1, 0.15) is 39.7 Å². The van der Waals surface area contributed by atoms with Gasteiger partial charge in [0.2, 0.25) is 28.6 Å². The molecule has 3 rings (SSSR count). The first-order chi connectivity index (χ1) is 17.6. The standard InChI is InChI=1S/C26H34ClN3O6S/c1-5-22(26(32)28-14-18(3)4)29(15-19-9-7-8-10-21(19)27)25(31)16-30(37(33,34)6-2)20-11-12-23-24(13-20)36-17-35-23/h7-13,18,22H,5-6,14-17H2,1-4H3,(H,28,32)/t22-/m0/s1. The zero-order valence-electron chi connectivity index (χ0n) is 21.6. The largest absolute Gasteiger partial charge is 0.454 e. The Hall–Kier alpha value is -2.98. The molecule has 2 aromatic rings. The lowest BCUT2D eigenvalue weighted by Crippen LogP contribution is -2.52. The van der Waals surface area contributed by atoms with Gasteiger partial charge in [0.1, 0.15) is 12.6 Å². The summed E-state index contributed by atoms with van der Waals surface area (Å²) >= 11 is 6.38. The van der Waals surface area contributed by atoms with Gasteiger partial charge in [0, 0.05) is 24.2 Å². The highest BCUT2D eigenvalue weighted by Crippen LogP contribution is 2.36. The molecule has 0 aromatic heterocycles. The number of nitrogens with one attached hydrogen (secondary N) is 1. The summed E-state index contributed by atoms with van der Waals surface area (Å²) in [7, 11) is -3.85. The molecule has 1 atom stereocenters. The minimum atomic E-state index is -3.85. The monoisotopic (exact) mass is 551 g/mol. The number of amides is 2. The van der Waals surface area contributed by atoms with E-state index in [1.54, 1.807) is 36.4 Å². The maximum Gasteiger partial charge on any atom is 0.244 e. The molecule has 37 heavy (non-hydrogen) atoms. The van der Waals surface area contributed by atoms with E-state index in [9.17, 15) is 18.0 Å². The number of rotatable bonds is 12. The third-order valence-corrected chi connectivity index (χ3v) is 8.10. The Labute approximate surface area is 223 Å². The Morgan fingerprint density at radius 3 is 2.43 bits per heavy atom. The molecule has 11 heteroatoms. The van der Waals surface area contributed by atoms with Gasteiger partial charge in [0.05, 0.1) is 11.4 Å². The molecule has 0 spiro atoms. The Balaban J connectivity index is 1.97. The molecule has 0 unspecified atom stereocenters. The van der Waals surface area contributed by atoms with E-state index in [1.165, 1.54) is 17.9 Å². The van der Waals surface area contributed by atoms with E-state index in [0.717, 1.165) is 4.31 Å². The van der Waals surface area contributed by atoms with Crippen molar-refractivity contribution >= 4 is 39.1 Å². The number of nitrogens with zero attached hydrogens (tertiary/aromatic N) is 2. The number of hydrogen-bond acceptors (Lipinski definition) is 6. The quantitative estimate of drug-likeness (QED) is 0.430. The minimum absolute atomic E-state index is 0.0352. The lowest BCUT2D eigenvalue weighted by molar-refractivity contribution is -0.140. The zero-order valence-corrected chi connectivity index (χ0v) is 23.1. The first-order valence-electron chi connectivity index (χ1n) is 12.3. The predicted molar refractivity (Wildman–Crippen MR) is 143 cm³/mol. The average Bonchev–Trinajstić information content (AvgIpc) is 3.34. The van der Waals surface area contributed by atoms with Crippen LogP contribution in [-0.4, -0.2) is 56.8 Å². The van der Waals surface area contributed by atoms with Crippen LogP contribution in [0, 0.1) is 5.92 Å². The number of carbonyl (C=O) groups excluding carboxylic acids is 2. The van der Waals surface area contributed by atoms with Crippen LogP contribution in [0.4, 0.5) is 5.69 Å². The van der Waals surface area contributed by atoms with Crippen LogP contribution in [0.3, 0.4) is 0 Å². The number of sulfonamides is 1. The van der Waals surface area contributed by atoms with Crippen LogP contribution in [0.5, 0.6) is 11.5 Å². The first-order valence-corrected chi connectivity index (χ1v) is 14.3. The number of benzene rings is 2. The van der Waals surface area contributed by atoms with E-state index >= 15 is 0 Å². The molecular weight excluding hydrogens is 518 g/mol. The third kappa shape index (κ3) is 7.07. The van der Waals surface area contributed by atoms with Crippen molar-refractivity contribution < 1.29 is 27.5 Å². The zero-order chi connectivity index (χ0) is 27.2. The second kappa shape index (κ2) is 12.5. The predicted octanol–water partition coefficient (Wildman–Crippen LogP) is 3.80. The fourth-order valence-electron chi connectivity index (χ4n) is 3.91. The van der Waals surface area contributed by atoms with Crippen LogP contribution < -0.4 is 19.1 Å². The van der Waals surface area contributed by atoms with Gasteiger partial charge >= 0.3 is 0 Å². The molecule has 1 heterocycles. The molecule has 2 aromatic carbocycles. The highest BCUT2D eigenvalue weighted by Gasteiger charge is 2.33. The number of ether oxygens (including phenoxy) is 2. The van der Waals surface area contributed by atoms with Gasteiger partial charge in [0.15, 0.2) is 11.5 Å². The van der Waals surface area contributed by atoms with E-state index in [-0.39, 0.29) is 36.6 Å².